The predicted octanol–water partition coefficient (Wildman–Crippen LogP) is 3.80. The molecule has 0 bridgehead atoms. The van der Waals surface area contributed by atoms with E-state index in [9.17, 15) is 4.79 Å². The van der Waals surface area contributed by atoms with Crippen molar-refractivity contribution >= 4 is 17.5 Å². The van der Waals surface area contributed by atoms with Gasteiger partial charge in [-0.25, -0.2) is 0 Å². The van der Waals surface area contributed by atoms with Crippen LogP contribution in [-0.2, 0) is 16.8 Å². The number of halogens is 1. The van der Waals surface area contributed by atoms with Crippen molar-refractivity contribution < 1.29 is 4.79 Å². The number of amides is 1. The summed E-state index contributed by atoms with van der Waals surface area (Å²) in [5, 5.41) is 3.96. The average molecular weight is 384 g/mol. The quantitative estimate of drug-likeness (QED) is 0.825. The second-order valence-corrected chi connectivity index (χ2v) is 8.34. The maximum atomic E-state index is 12.9. The Labute approximate surface area is 165 Å². The molecule has 4 nitrogen and oxygen atoms in total. The van der Waals surface area contributed by atoms with Gasteiger partial charge in [0.2, 0.25) is 5.91 Å². The van der Waals surface area contributed by atoms with Crippen LogP contribution in [0.1, 0.15) is 36.8 Å². The van der Waals surface area contributed by atoms with E-state index >= 15 is 0 Å². The van der Waals surface area contributed by atoms with E-state index < -0.39 is 0 Å². The van der Waals surface area contributed by atoms with Gasteiger partial charge < -0.3 is 5.32 Å². The Balaban J connectivity index is 1.30. The van der Waals surface area contributed by atoms with Gasteiger partial charge in [0, 0.05) is 37.1 Å². The van der Waals surface area contributed by atoms with Gasteiger partial charge in [-0.15, -0.1) is 0 Å². The number of benzene rings is 1. The molecule has 1 amide bonds. The monoisotopic (exact) mass is 383 g/mol. The number of hydrogen-bond donors (Lipinski definition) is 1. The molecule has 1 atom stereocenters. The van der Waals surface area contributed by atoms with Crippen LogP contribution >= 0.6 is 11.6 Å². The lowest BCUT2D eigenvalue weighted by atomic mass is 9.93. The number of rotatable bonds is 6. The van der Waals surface area contributed by atoms with Crippen molar-refractivity contribution in [3.8, 4) is 0 Å². The van der Waals surface area contributed by atoms with Crippen molar-refractivity contribution in [2.45, 2.75) is 37.6 Å². The van der Waals surface area contributed by atoms with Crippen LogP contribution in [0.4, 0.5) is 0 Å². The van der Waals surface area contributed by atoms with Gasteiger partial charge in [0.05, 0.1) is 5.41 Å². The molecule has 5 heteroatoms. The van der Waals surface area contributed by atoms with Crippen molar-refractivity contribution in [1.29, 1.82) is 0 Å². The smallest absolute Gasteiger partial charge is 0.230 e. The van der Waals surface area contributed by atoms with Crippen molar-refractivity contribution in [1.82, 2.24) is 15.2 Å². The standard InChI is InChI=1S/C22H26ClN3O/c23-20-7-5-19(6-8-20)22(9-10-22)21(27)25-14-18-4-2-12-26(16-18)15-17-3-1-11-24-13-17/h1,3,5-8,11,13,18H,2,4,9-10,12,14-16H2,(H,25,27)/t18-/m0/s1. The summed E-state index contributed by atoms with van der Waals surface area (Å²) < 4.78 is 0. The molecule has 1 aliphatic heterocycles. The Hall–Kier alpha value is -1.91. The molecule has 142 valence electrons. The molecule has 1 aromatic carbocycles. The topological polar surface area (TPSA) is 45.2 Å². The molecule has 1 saturated carbocycles. The summed E-state index contributed by atoms with van der Waals surface area (Å²) in [6.07, 6.45) is 7.97. The van der Waals surface area contributed by atoms with Gasteiger partial charge in [0.25, 0.3) is 0 Å². The first-order valence-electron chi connectivity index (χ1n) is 9.81. The Morgan fingerprint density at radius 3 is 2.78 bits per heavy atom. The van der Waals surface area contributed by atoms with Crippen LogP contribution in [0.25, 0.3) is 0 Å². The van der Waals surface area contributed by atoms with Gasteiger partial charge in [-0.3, -0.25) is 14.7 Å². The number of hydrogen-bond acceptors (Lipinski definition) is 3. The third-order valence-electron chi connectivity index (χ3n) is 5.86. The van der Waals surface area contributed by atoms with Crippen LogP contribution < -0.4 is 5.32 Å². The lowest BCUT2D eigenvalue weighted by molar-refractivity contribution is -0.123. The van der Waals surface area contributed by atoms with Gasteiger partial charge in [0.15, 0.2) is 0 Å². The minimum atomic E-state index is -0.325. The summed E-state index contributed by atoms with van der Waals surface area (Å²) in [5.41, 5.74) is 2.02. The first-order valence-corrected chi connectivity index (χ1v) is 10.2. The molecule has 1 saturated heterocycles. The minimum absolute atomic E-state index is 0.175. The van der Waals surface area contributed by atoms with Crippen LogP contribution in [0.15, 0.2) is 48.8 Å². The molecule has 0 unspecified atom stereocenters. The van der Waals surface area contributed by atoms with E-state index in [0.717, 1.165) is 44.6 Å². The Bertz CT molecular complexity index is 774. The molecule has 1 aromatic heterocycles. The third kappa shape index (κ3) is 4.33. The van der Waals surface area contributed by atoms with Gasteiger partial charge in [-0.05, 0) is 67.5 Å². The van der Waals surface area contributed by atoms with E-state index in [4.69, 9.17) is 11.6 Å². The molecule has 2 aromatic rings. The highest BCUT2D eigenvalue weighted by Crippen LogP contribution is 2.48. The molecule has 0 spiro atoms. The maximum Gasteiger partial charge on any atom is 0.230 e. The molecular weight excluding hydrogens is 358 g/mol. The van der Waals surface area contributed by atoms with Crippen molar-refractivity contribution in [3.63, 3.8) is 0 Å². The van der Waals surface area contributed by atoms with Crippen LogP contribution in [-0.4, -0.2) is 35.4 Å². The highest BCUT2D eigenvalue weighted by atomic mass is 35.5. The van der Waals surface area contributed by atoms with Gasteiger partial charge in [-0.1, -0.05) is 29.8 Å². The number of pyridine rings is 1. The van der Waals surface area contributed by atoms with Crippen LogP contribution in [0.5, 0.6) is 0 Å². The highest BCUT2D eigenvalue weighted by Gasteiger charge is 2.51. The zero-order valence-corrected chi connectivity index (χ0v) is 16.3. The highest BCUT2D eigenvalue weighted by molar-refractivity contribution is 6.30. The lowest BCUT2D eigenvalue weighted by Crippen LogP contribution is -2.43. The summed E-state index contributed by atoms with van der Waals surface area (Å²) in [7, 11) is 0. The van der Waals surface area contributed by atoms with E-state index in [1.165, 1.54) is 18.4 Å². The fourth-order valence-corrected chi connectivity index (χ4v) is 4.28. The maximum absolute atomic E-state index is 12.9. The Kier molecular flexibility index (Phi) is 5.46. The number of piperidine rings is 1. The first kappa shape index (κ1) is 18.5. The zero-order valence-electron chi connectivity index (χ0n) is 15.5. The normalized spacial score (nSPS) is 21.6. The molecule has 2 fully saturated rings. The van der Waals surface area contributed by atoms with Gasteiger partial charge >= 0.3 is 0 Å². The van der Waals surface area contributed by atoms with Crippen LogP contribution in [0, 0.1) is 5.92 Å². The molecule has 1 N–H and O–H groups in total. The Morgan fingerprint density at radius 1 is 1.26 bits per heavy atom. The number of nitrogens with zero attached hydrogens (tertiary/aromatic N) is 2. The zero-order chi connectivity index (χ0) is 18.7. The van der Waals surface area contributed by atoms with Gasteiger partial charge in [0.1, 0.15) is 0 Å². The fourth-order valence-electron chi connectivity index (χ4n) is 4.16. The third-order valence-corrected chi connectivity index (χ3v) is 6.12. The second-order valence-electron chi connectivity index (χ2n) is 7.90. The predicted molar refractivity (Wildman–Crippen MR) is 108 cm³/mol. The number of carbonyl (C=O) groups excluding carboxylic acids is 1. The molecule has 1 aliphatic carbocycles. The SMILES string of the molecule is O=C(NC[C@@H]1CCCN(Cc2cccnc2)C1)C1(c2ccc(Cl)cc2)CC1. The lowest BCUT2D eigenvalue weighted by Gasteiger charge is -2.33. The van der Waals surface area contributed by atoms with Crippen molar-refractivity contribution in [3.05, 3.63) is 64.9 Å². The molecule has 2 aliphatic rings. The molecule has 2 heterocycles. The summed E-state index contributed by atoms with van der Waals surface area (Å²) in [4.78, 5) is 19.5. The largest absolute Gasteiger partial charge is 0.355 e. The van der Waals surface area contributed by atoms with E-state index in [1.807, 2.05) is 42.7 Å². The van der Waals surface area contributed by atoms with Gasteiger partial charge in [-0.2, -0.15) is 0 Å². The number of likely N-dealkylation sites (tertiary alicyclic amines) is 1. The molecule has 4 rings (SSSR count). The van der Waals surface area contributed by atoms with Crippen LogP contribution in [0.2, 0.25) is 5.02 Å². The number of carbonyl (C=O) groups is 1. The van der Waals surface area contributed by atoms with E-state index in [1.54, 1.807) is 0 Å². The summed E-state index contributed by atoms with van der Waals surface area (Å²) in [6.45, 7) is 3.85. The van der Waals surface area contributed by atoms with E-state index in [-0.39, 0.29) is 11.3 Å². The summed E-state index contributed by atoms with van der Waals surface area (Å²) in [5.74, 6) is 0.689. The summed E-state index contributed by atoms with van der Waals surface area (Å²) in [6, 6.07) is 11.9. The number of nitrogens with one attached hydrogen (secondary N) is 1. The first-order chi connectivity index (χ1) is 13.2. The summed E-state index contributed by atoms with van der Waals surface area (Å²) >= 11 is 5.99. The molecular formula is C22H26ClN3O. The fraction of sp³-hybridized carbons (Fsp3) is 0.455. The minimum Gasteiger partial charge on any atom is -0.355 e. The average Bonchev–Trinajstić information content (AvgIpc) is 3.50. The second kappa shape index (κ2) is 7.99. The van der Waals surface area contributed by atoms with Crippen LogP contribution in [0.3, 0.4) is 0 Å². The van der Waals surface area contributed by atoms with Crippen molar-refractivity contribution in [2.24, 2.45) is 5.92 Å². The van der Waals surface area contributed by atoms with E-state index in [2.05, 4.69) is 21.3 Å². The molecule has 27 heavy (non-hydrogen) atoms. The molecule has 0 radical (unpaired) electrons. The van der Waals surface area contributed by atoms with E-state index in [0.29, 0.717) is 10.9 Å². The number of aromatic nitrogens is 1. The van der Waals surface area contributed by atoms with Crippen molar-refractivity contribution in [2.75, 3.05) is 19.6 Å². The Morgan fingerprint density at radius 2 is 2.07 bits per heavy atom.